The second-order valence-corrected chi connectivity index (χ2v) is 5.57. The molecule has 0 aliphatic carbocycles. The molecule has 16 heavy (non-hydrogen) atoms. The molecule has 0 saturated carbocycles. The fourth-order valence-corrected chi connectivity index (χ4v) is 3.00. The van der Waals surface area contributed by atoms with Crippen molar-refractivity contribution in [3.63, 3.8) is 0 Å². The predicted octanol–water partition coefficient (Wildman–Crippen LogP) is 1.63. The van der Waals surface area contributed by atoms with E-state index in [1.165, 1.54) is 19.3 Å². The van der Waals surface area contributed by atoms with E-state index in [0.29, 0.717) is 17.9 Å². The van der Waals surface area contributed by atoms with Crippen molar-refractivity contribution in [1.29, 1.82) is 0 Å². The summed E-state index contributed by atoms with van der Waals surface area (Å²) in [5.41, 5.74) is 0. The summed E-state index contributed by atoms with van der Waals surface area (Å²) in [6, 6.07) is 0.457. The third kappa shape index (κ3) is 2.57. The van der Waals surface area contributed by atoms with E-state index < -0.39 is 0 Å². The lowest BCUT2D eigenvalue weighted by atomic mass is 9.89. The van der Waals surface area contributed by atoms with Crippen LogP contribution < -0.4 is 5.32 Å². The van der Waals surface area contributed by atoms with Crippen molar-refractivity contribution < 1.29 is 4.79 Å². The molecule has 3 unspecified atom stereocenters. The summed E-state index contributed by atoms with van der Waals surface area (Å²) in [6.07, 6.45) is 4.71. The van der Waals surface area contributed by atoms with Gasteiger partial charge in [-0.15, -0.1) is 0 Å². The van der Waals surface area contributed by atoms with E-state index in [9.17, 15) is 4.79 Å². The molecule has 2 rings (SSSR count). The highest BCUT2D eigenvalue weighted by atomic mass is 16.2. The van der Waals surface area contributed by atoms with Crippen molar-refractivity contribution in [3.05, 3.63) is 0 Å². The maximum absolute atomic E-state index is 12.4. The molecule has 2 saturated heterocycles. The molecule has 0 bridgehead atoms. The summed E-state index contributed by atoms with van der Waals surface area (Å²) < 4.78 is 0. The van der Waals surface area contributed by atoms with E-state index >= 15 is 0 Å². The van der Waals surface area contributed by atoms with Crippen LogP contribution in [0.15, 0.2) is 0 Å². The second-order valence-electron chi connectivity index (χ2n) is 5.57. The minimum atomic E-state index is 0.226. The van der Waals surface area contributed by atoms with Gasteiger partial charge in [0.1, 0.15) is 0 Å². The molecule has 2 aliphatic rings. The van der Waals surface area contributed by atoms with Crippen molar-refractivity contribution >= 4 is 5.91 Å². The van der Waals surface area contributed by atoms with Crippen LogP contribution in [0.1, 0.15) is 39.5 Å². The zero-order valence-electron chi connectivity index (χ0n) is 10.5. The molecule has 92 valence electrons. The minimum absolute atomic E-state index is 0.226. The van der Waals surface area contributed by atoms with E-state index in [0.717, 1.165) is 26.1 Å². The predicted molar refractivity (Wildman–Crippen MR) is 65.2 cm³/mol. The number of carbonyl (C=O) groups is 1. The van der Waals surface area contributed by atoms with Crippen molar-refractivity contribution in [1.82, 2.24) is 10.2 Å². The van der Waals surface area contributed by atoms with Gasteiger partial charge in [0.2, 0.25) is 5.91 Å². The highest BCUT2D eigenvalue weighted by Crippen LogP contribution is 2.23. The largest absolute Gasteiger partial charge is 0.340 e. The van der Waals surface area contributed by atoms with Crippen LogP contribution in [-0.2, 0) is 4.79 Å². The Bertz CT molecular complexity index is 254. The average molecular weight is 224 g/mol. The van der Waals surface area contributed by atoms with Crippen molar-refractivity contribution in [3.8, 4) is 0 Å². The van der Waals surface area contributed by atoms with Gasteiger partial charge in [-0.3, -0.25) is 4.79 Å². The quantitative estimate of drug-likeness (QED) is 0.734. The lowest BCUT2D eigenvalue weighted by Crippen LogP contribution is -2.49. The number of amides is 1. The molecule has 3 heteroatoms. The summed E-state index contributed by atoms with van der Waals surface area (Å²) in [7, 11) is 0. The van der Waals surface area contributed by atoms with Crippen molar-refractivity contribution in [2.45, 2.75) is 45.6 Å². The van der Waals surface area contributed by atoms with Gasteiger partial charge >= 0.3 is 0 Å². The lowest BCUT2D eigenvalue weighted by Gasteiger charge is -2.38. The van der Waals surface area contributed by atoms with Gasteiger partial charge in [0.15, 0.2) is 0 Å². The third-order valence-electron chi connectivity index (χ3n) is 4.01. The zero-order valence-corrected chi connectivity index (χ0v) is 10.5. The minimum Gasteiger partial charge on any atom is -0.340 e. The summed E-state index contributed by atoms with van der Waals surface area (Å²) in [6.45, 7) is 7.35. The fourth-order valence-electron chi connectivity index (χ4n) is 3.00. The summed E-state index contributed by atoms with van der Waals surface area (Å²) in [5, 5.41) is 3.37. The zero-order chi connectivity index (χ0) is 11.5. The monoisotopic (exact) mass is 224 g/mol. The molecular formula is C13H24N2O. The van der Waals surface area contributed by atoms with E-state index in [1.807, 2.05) is 0 Å². The van der Waals surface area contributed by atoms with Crippen LogP contribution in [-0.4, -0.2) is 36.5 Å². The molecule has 1 N–H and O–H groups in total. The van der Waals surface area contributed by atoms with E-state index in [4.69, 9.17) is 0 Å². The number of carbonyl (C=O) groups excluding carboxylic acids is 1. The molecule has 1 amide bonds. The summed E-state index contributed by atoms with van der Waals surface area (Å²) in [5.74, 6) is 1.26. The first-order valence-electron chi connectivity index (χ1n) is 6.69. The molecule has 0 radical (unpaired) electrons. The molecule has 3 nitrogen and oxygen atoms in total. The van der Waals surface area contributed by atoms with E-state index in [-0.39, 0.29) is 5.92 Å². The number of nitrogens with one attached hydrogen (secondary N) is 1. The Morgan fingerprint density at radius 1 is 1.25 bits per heavy atom. The van der Waals surface area contributed by atoms with Gasteiger partial charge in [-0.2, -0.15) is 0 Å². The van der Waals surface area contributed by atoms with Crippen LogP contribution in [0.2, 0.25) is 0 Å². The number of nitrogens with zero attached hydrogens (tertiary/aromatic N) is 1. The molecule has 0 spiro atoms. The molecule has 2 aliphatic heterocycles. The highest BCUT2D eigenvalue weighted by molar-refractivity contribution is 5.79. The van der Waals surface area contributed by atoms with Gasteiger partial charge in [-0.05, 0) is 45.1 Å². The number of piperidine rings is 2. The van der Waals surface area contributed by atoms with Gasteiger partial charge < -0.3 is 10.2 Å². The van der Waals surface area contributed by atoms with Crippen LogP contribution in [0.4, 0.5) is 0 Å². The van der Waals surface area contributed by atoms with Crippen molar-refractivity contribution in [2.75, 3.05) is 19.6 Å². The van der Waals surface area contributed by atoms with E-state index in [2.05, 4.69) is 24.1 Å². The SMILES string of the molecule is CC1CNCC(C(=O)N2CCCCC2C)C1. The Morgan fingerprint density at radius 3 is 2.75 bits per heavy atom. The molecule has 0 aromatic rings. The Hall–Kier alpha value is -0.570. The number of rotatable bonds is 1. The fraction of sp³-hybridized carbons (Fsp3) is 0.923. The molecule has 3 atom stereocenters. The van der Waals surface area contributed by atoms with Gasteiger partial charge in [0.25, 0.3) is 0 Å². The van der Waals surface area contributed by atoms with Gasteiger partial charge in [-0.25, -0.2) is 0 Å². The van der Waals surface area contributed by atoms with Gasteiger partial charge in [0.05, 0.1) is 5.92 Å². The molecular weight excluding hydrogens is 200 g/mol. The van der Waals surface area contributed by atoms with Crippen LogP contribution in [0.5, 0.6) is 0 Å². The maximum Gasteiger partial charge on any atom is 0.227 e. The van der Waals surface area contributed by atoms with E-state index in [1.54, 1.807) is 0 Å². The second kappa shape index (κ2) is 5.17. The maximum atomic E-state index is 12.4. The number of hydrogen-bond donors (Lipinski definition) is 1. The van der Waals surface area contributed by atoms with Crippen LogP contribution in [0, 0.1) is 11.8 Å². The first-order valence-corrected chi connectivity index (χ1v) is 6.69. The number of hydrogen-bond acceptors (Lipinski definition) is 2. The smallest absolute Gasteiger partial charge is 0.227 e. The first kappa shape index (κ1) is 11.9. The van der Waals surface area contributed by atoms with Crippen molar-refractivity contribution in [2.24, 2.45) is 11.8 Å². The molecule has 0 aromatic heterocycles. The normalized spacial score (nSPS) is 36.1. The molecule has 2 heterocycles. The van der Waals surface area contributed by atoms with Crippen LogP contribution in [0.25, 0.3) is 0 Å². The highest BCUT2D eigenvalue weighted by Gasteiger charge is 2.31. The Morgan fingerprint density at radius 2 is 2.06 bits per heavy atom. The Kier molecular flexibility index (Phi) is 3.85. The first-order chi connectivity index (χ1) is 7.68. The Balaban J connectivity index is 1.94. The molecule has 0 aromatic carbocycles. The number of likely N-dealkylation sites (tertiary alicyclic amines) is 1. The average Bonchev–Trinajstić information content (AvgIpc) is 2.29. The van der Waals surface area contributed by atoms with Crippen LogP contribution >= 0.6 is 0 Å². The van der Waals surface area contributed by atoms with Gasteiger partial charge in [0, 0.05) is 19.1 Å². The standard InChI is InChI=1S/C13H24N2O/c1-10-7-12(9-14-8-10)13(16)15-6-4-3-5-11(15)2/h10-12,14H,3-9H2,1-2H3. The summed E-state index contributed by atoms with van der Waals surface area (Å²) in [4.78, 5) is 14.5. The van der Waals surface area contributed by atoms with Crippen LogP contribution in [0.3, 0.4) is 0 Å². The third-order valence-corrected chi connectivity index (χ3v) is 4.01. The summed E-state index contributed by atoms with van der Waals surface area (Å²) >= 11 is 0. The topological polar surface area (TPSA) is 32.3 Å². The lowest BCUT2D eigenvalue weighted by molar-refractivity contribution is -0.139. The van der Waals surface area contributed by atoms with Gasteiger partial charge in [-0.1, -0.05) is 6.92 Å². The Labute approximate surface area is 98.6 Å². The molecule has 2 fully saturated rings.